The number of rotatable bonds is 1. The van der Waals surface area contributed by atoms with Crippen LogP contribution in [0.2, 0.25) is 0 Å². The molecule has 0 aliphatic carbocycles. The lowest BCUT2D eigenvalue weighted by molar-refractivity contribution is 0.112. The summed E-state index contributed by atoms with van der Waals surface area (Å²) >= 11 is 0. The lowest BCUT2D eigenvalue weighted by Gasteiger charge is -2.05. The number of carbonyl (C=O) groups is 1. The first-order chi connectivity index (χ1) is 6.74. The minimum Gasteiger partial charge on any atom is -0.505 e. The largest absolute Gasteiger partial charge is 0.505 e. The third-order valence-corrected chi connectivity index (χ3v) is 2.05. The molecule has 14 heavy (non-hydrogen) atoms. The van der Waals surface area contributed by atoms with Crippen molar-refractivity contribution >= 4 is 22.9 Å². The molecule has 0 atom stereocenters. The molecule has 0 radical (unpaired) electrons. The van der Waals surface area contributed by atoms with Crippen molar-refractivity contribution in [3.8, 4) is 5.75 Å². The van der Waals surface area contributed by atoms with E-state index in [1.54, 1.807) is 12.1 Å². The van der Waals surface area contributed by atoms with Crippen LogP contribution in [0.25, 0.3) is 10.9 Å². The Balaban J connectivity index is 2.94. The average Bonchev–Trinajstić information content (AvgIpc) is 2.23. The number of nitrogen functional groups attached to an aromatic ring is 1. The zero-order chi connectivity index (χ0) is 10.1. The predicted molar refractivity (Wildman–Crippen MR) is 53.2 cm³/mol. The van der Waals surface area contributed by atoms with E-state index in [2.05, 4.69) is 4.98 Å². The molecule has 2 aromatic rings. The Hall–Kier alpha value is -2.10. The highest BCUT2D eigenvalue weighted by atomic mass is 16.3. The van der Waals surface area contributed by atoms with E-state index in [4.69, 9.17) is 5.73 Å². The number of benzene rings is 1. The lowest BCUT2D eigenvalue weighted by Crippen LogP contribution is -1.92. The molecule has 1 aromatic heterocycles. The number of carbonyl (C=O) groups excluding carboxylic acids is 1. The maximum absolute atomic E-state index is 10.6. The fourth-order valence-electron chi connectivity index (χ4n) is 1.37. The fourth-order valence-corrected chi connectivity index (χ4v) is 1.37. The predicted octanol–water partition coefficient (Wildman–Crippen LogP) is 1.34. The second-order valence-electron chi connectivity index (χ2n) is 2.92. The number of hydrogen-bond acceptors (Lipinski definition) is 4. The molecule has 0 spiro atoms. The summed E-state index contributed by atoms with van der Waals surface area (Å²) in [4.78, 5) is 14.5. The quantitative estimate of drug-likeness (QED) is 0.402. The highest BCUT2D eigenvalue weighted by Gasteiger charge is 2.09. The van der Waals surface area contributed by atoms with Gasteiger partial charge in [-0.2, -0.15) is 0 Å². The number of phenols is 1. The zero-order valence-corrected chi connectivity index (χ0v) is 7.27. The summed E-state index contributed by atoms with van der Waals surface area (Å²) in [6, 6.07) is 4.90. The molecule has 0 bridgehead atoms. The summed E-state index contributed by atoms with van der Waals surface area (Å²) in [5.74, 6) is -0.121. The molecule has 0 fully saturated rings. The van der Waals surface area contributed by atoms with Gasteiger partial charge in [-0.15, -0.1) is 0 Å². The van der Waals surface area contributed by atoms with Crippen molar-refractivity contribution in [3.63, 3.8) is 0 Å². The molecule has 1 aromatic carbocycles. The molecule has 0 saturated heterocycles. The van der Waals surface area contributed by atoms with E-state index in [9.17, 15) is 9.90 Å². The molecule has 70 valence electrons. The highest BCUT2D eigenvalue weighted by Crippen LogP contribution is 2.30. The molecular formula is C10H8N2O2. The van der Waals surface area contributed by atoms with Gasteiger partial charge in [-0.1, -0.05) is 0 Å². The van der Waals surface area contributed by atoms with Crippen molar-refractivity contribution in [2.45, 2.75) is 0 Å². The van der Waals surface area contributed by atoms with Crippen LogP contribution >= 0.6 is 0 Å². The molecule has 0 saturated carbocycles. The number of aromatic nitrogens is 1. The van der Waals surface area contributed by atoms with Crippen molar-refractivity contribution in [2.24, 2.45) is 0 Å². The van der Waals surface area contributed by atoms with E-state index in [0.29, 0.717) is 22.9 Å². The second-order valence-corrected chi connectivity index (χ2v) is 2.92. The van der Waals surface area contributed by atoms with Gasteiger partial charge in [0.15, 0.2) is 12.0 Å². The van der Waals surface area contributed by atoms with Crippen LogP contribution in [0.3, 0.4) is 0 Å². The molecule has 4 heteroatoms. The molecule has 0 amide bonds. The van der Waals surface area contributed by atoms with E-state index in [0.717, 1.165) is 0 Å². The molecular weight excluding hydrogens is 180 g/mol. The van der Waals surface area contributed by atoms with Crippen LogP contribution in [0.15, 0.2) is 24.4 Å². The van der Waals surface area contributed by atoms with Gasteiger partial charge < -0.3 is 10.8 Å². The number of aldehydes is 1. The Labute approximate surface area is 80.0 Å². The van der Waals surface area contributed by atoms with Crippen LogP contribution in [0.5, 0.6) is 5.75 Å². The Kier molecular flexibility index (Phi) is 1.81. The van der Waals surface area contributed by atoms with Crippen LogP contribution in [0.4, 0.5) is 5.69 Å². The van der Waals surface area contributed by atoms with Crippen LogP contribution in [-0.4, -0.2) is 16.4 Å². The Bertz CT molecular complexity index is 509. The first kappa shape index (κ1) is 8.50. The number of fused-ring (bicyclic) bond motifs is 1. The number of pyridine rings is 1. The van der Waals surface area contributed by atoms with Gasteiger partial charge in [-0.05, 0) is 18.2 Å². The van der Waals surface area contributed by atoms with Gasteiger partial charge in [0.05, 0.1) is 5.56 Å². The van der Waals surface area contributed by atoms with Gasteiger partial charge in [-0.3, -0.25) is 9.78 Å². The minimum absolute atomic E-state index is 0.121. The van der Waals surface area contributed by atoms with E-state index in [-0.39, 0.29) is 11.3 Å². The first-order valence-corrected chi connectivity index (χ1v) is 4.05. The molecule has 0 unspecified atom stereocenters. The van der Waals surface area contributed by atoms with Gasteiger partial charge >= 0.3 is 0 Å². The van der Waals surface area contributed by atoms with Crippen LogP contribution in [0.1, 0.15) is 10.4 Å². The van der Waals surface area contributed by atoms with Crippen molar-refractivity contribution in [1.29, 1.82) is 0 Å². The SMILES string of the molecule is Nc1cc(C=O)c(O)c2ncccc12. The monoisotopic (exact) mass is 188 g/mol. The average molecular weight is 188 g/mol. The Morgan fingerprint density at radius 2 is 2.29 bits per heavy atom. The van der Waals surface area contributed by atoms with Crippen molar-refractivity contribution in [3.05, 3.63) is 30.0 Å². The number of hydrogen-bond donors (Lipinski definition) is 2. The first-order valence-electron chi connectivity index (χ1n) is 4.05. The van der Waals surface area contributed by atoms with Crippen molar-refractivity contribution in [2.75, 3.05) is 5.73 Å². The topological polar surface area (TPSA) is 76.2 Å². The zero-order valence-electron chi connectivity index (χ0n) is 7.27. The highest BCUT2D eigenvalue weighted by molar-refractivity contribution is 6.00. The van der Waals surface area contributed by atoms with Gasteiger partial charge in [0.2, 0.25) is 0 Å². The molecule has 1 heterocycles. The second kappa shape index (κ2) is 2.99. The number of phenolic OH excluding ortho intramolecular Hbond substituents is 1. The molecule has 4 nitrogen and oxygen atoms in total. The Morgan fingerprint density at radius 3 is 3.00 bits per heavy atom. The van der Waals surface area contributed by atoms with Crippen LogP contribution in [0, 0.1) is 0 Å². The smallest absolute Gasteiger partial charge is 0.153 e. The standard InChI is InChI=1S/C10H8N2O2/c11-8-4-6(5-13)10(14)9-7(8)2-1-3-12-9/h1-5,14H,11H2. The van der Waals surface area contributed by atoms with Crippen LogP contribution in [-0.2, 0) is 0 Å². The van der Waals surface area contributed by atoms with Gasteiger partial charge in [0, 0.05) is 17.3 Å². The molecule has 0 aliphatic rings. The maximum Gasteiger partial charge on any atom is 0.153 e. The van der Waals surface area contributed by atoms with Gasteiger partial charge in [0.25, 0.3) is 0 Å². The molecule has 2 rings (SSSR count). The summed E-state index contributed by atoms with van der Waals surface area (Å²) in [5, 5.41) is 10.3. The molecule has 0 aliphatic heterocycles. The third kappa shape index (κ3) is 1.08. The fraction of sp³-hybridized carbons (Fsp3) is 0. The Morgan fingerprint density at radius 1 is 1.50 bits per heavy atom. The van der Waals surface area contributed by atoms with E-state index in [1.165, 1.54) is 12.3 Å². The number of nitrogens with two attached hydrogens (primary N) is 1. The maximum atomic E-state index is 10.6. The lowest BCUT2D eigenvalue weighted by atomic mass is 10.1. The van der Waals surface area contributed by atoms with E-state index in [1.807, 2.05) is 0 Å². The third-order valence-electron chi connectivity index (χ3n) is 2.05. The summed E-state index contributed by atoms with van der Waals surface area (Å²) in [7, 11) is 0. The van der Waals surface area contributed by atoms with Gasteiger partial charge in [-0.25, -0.2) is 0 Å². The van der Waals surface area contributed by atoms with Crippen molar-refractivity contribution < 1.29 is 9.90 Å². The van der Waals surface area contributed by atoms with Crippen molar-refractivity contribution in [1.82, 2.24) is 4.98 Å². The molecule has 3 N–H and O–H groups in total. The normalized spacial score (nSPS) is 10.3. The summed E-state index contributed by atoms with van der Waals surface area (Å²) in [5.41, 5.74) is 6.65. The summed E-state index contributed by atoms with van der Waals surface area (Å²) in [6.07, 6.45) is 2.09. The number of aromatic hydroxyl groups is 1. The van der Waals surface area contributed by atoms with E-state index < -0.39 is 0 Å². The van der Waals surface area contributed by atoms with Gasteiger partial charge in [0.1, 0.15) is 5.52 Å². The number of anilines is 1. The summed E-state index contributed by atoms with van der Waals surface area (Å²) < 4.78 is 0. The number of nitrogens with zero attached hydrogens (tertiary/aromatic N) is 1. The van der Waals surface area contributed by atoms with E-state index >= 15 is 0 Å². The summed E-state index contributed by atoms with van der Waals surface area (Å²) in [6.45, 7) is 0. The minimum atomic E-state index is -0.121. The van der Waals surface area contributed by atoms with Crippen LogP contribution < -0.4 is 5.73 Å².